The number of carbonyl (C=O) groups is 1. The van der Waals surface area contributed by atoms with Gasteiger partial charge in [-0.1, -0.05) is 79.2 Å². The molecule has 1 aromatic rings. The lowest BCUT2D eigenvalue weighted by molar-refractivity contribution is -0.124. The van der Waals surface area contributed by atoms with Crippen LogP contribution in [0.4, 0.5) is 11.4 Å². The Hall–Kier alpha value is -1.51. The first kappa shape index (κ1) is 25.7. The number of nitrogens with zero attached hydrogens (tertiary/aromatic N) is 1. The van der Waals surface area contributed by atoms with Gasteiger partial charge in [-0.3, -0.25) is 4.79 Å². The molecule has 0 aliphatic heterocycles. The monoisotopic (exact) mass is 428 g/mol. The fourth-order valence-electron chi connectivity index (χ4n) is 5.45. The van der Waals surface area contributed by atoms with Crippen LogP contribution in [0.1, 0.15) is 106 Å². The van der Waals surface area contributed by atoms with E-state index in [0.717, 1.165) is 31.1 Å². The van der Waals surface area contributed by atoms with Crippen LogP contribution in [0.2, 0.25) is 0 Å². The van der Waals surface area contributed by atoms with Crippen LogP contribution < -0.4 is 10.2 Å². The molecule has 1 N–H and O–H groups in total. The SMILES string of the molecule is CCC(CCN(CC)c1cccc(NC(=O)C(C)(C)CC)c1)C1(CC)CCCCCC1. The van der Waals surface area contributed by atoms with E-state index in [2.05, 4.69) is 56.1 Å². The zero-order valence-corrected chi connectivity index (χ0v) is 21.2. The number of carbonyl (C=O) groups excluding carboxylic acids is 1. The molecule has 31 heavy (non-hydrogen) atoms. The molecule has 0 spiro atoms. The highest BCUT2D eigenvalue weighted by atomic mass is 16.2. The third kappa shape index (κ3) is 6.73. The highest BCUT2D eigenvalue weighted by Crippen LogP contribution is 2.47. The average Bonchev–Trinajstić information content (AvgIpc) is 3.03. The summed E-state index contributed by atoms with van der Waals surface area (Å²) >= 11 is 0. The molecule has 1 aliphatic carbocycles. The number of benzene rings is 1. The van der Waals surface area contributed by atoms with Gasteiger partial charge in [0.1, 0.15) is 0 Å². The summed E-state index contributed by atoms with van der Waals surface area (Å²) in [5.74, 6) is 0.900. The highest BCUT2D eigenvalue weighted by molar-refractivity contribution is 5.95. The Bertz CT molecular complexity index is 673. The normalized spacial score (nSPS) is 17.6. The van der Waals surface area contributed by atoms with Crippen molar-refractivity contribution in [2.75, 3.05) is 23.3 Å². The summed E-state index contributed by atoms with van der Waals surface area (Å²) in [5, 5.41) is 3.14. The third-order valence-corrected chi connectivity index (χ3v) is 8.26. The zero-order chi connectivity index (χ0) is 22.9. The second-order valence-electron chi connectivity index (χ2n) is 10.3. The van der Waals surface area contributed by atoms with Gasteiger partial charge in [-0.05, 0) is 62.1 Å². The van der Waals surface area contributed by atoms with Crippen LogP contribution >= 0.6 is 0 Å². The van der Waals surface area contributed by atoms with Crippen molar-refractivity contribution < 1.29 is 4.79 Å². The Morgan fingerprint density at radius 1 is 1.10 bits per heavy atom. The van der Waals surface area contributed by atoms with E-state index in [9.17, 15) is 4.79 Å². The highest BCUT2D eigenvalue weighted by Gasteiger charge is 2.36. The molecule has 0 radical (unpaired) electrons. The van der Waals surface area contributed by atoms with Gasteiger partial charge in [0.15, 0.2) is 0 Å². The molecule has 0 aromatic heterocycles. The second-order valence-corrected chi connectivity index (χ2v) is 10.3. The standard InChI is InChI=1S/C28H48N2O/c1-7-23(28(9-3)19-13-11-12-14-20-28)18-21-30(10-4)25-17-15-16-24(22-25)29-26(31)27(5,6)8-2/h15-17,22-23H,7-14,18-21H2,1-6H3,(H,29,31). The maximum atomic E-state index is 12.6. The first-order valence-corrected chi connectivity index (χ1v) is 13.0. The maximum absolute atomic E-state index is 12.6. The van der Waals surface area contributed by atoms with Crippen molar-refractivity contribution in [1.82, 2.24) is 0 Å². The summed E-state index contributed by atoms with van der Waals surface area (Å²) in [7, 11) is 0. The quantitative estimate of drug-likeness (QED) is 0.361. The molecule has 176 valence electrons. The summed E-state index contributed by atoms with van der Waals surface area (Å²) in [5.41, 5.74) is 2.33. The predicted octanol–water partition coefficient (Wildman–Crippen LogP) is 8.05. The van der Waals surface area contributed by atoms with Gasteiger partial charge in [0.25, 0.3) is 0 Å². The summed E-state index contributed by atoms with van der Waals surface area (Å²) in [6.07, 6.45) is 13.2. The van der Waals surface area contributed by atoms with Crippen LogP contribution in [-0.4, -0.2) is 19.0 Å². The minimum Gasteiger partial charge on any atom is -0.372 e. The summed E-state index contributed by atoms with van der Waals surface area (Å²) in [6.45, 7) is 15.2. The minimum absolute atomic E-state index is 0.0968. The van der Waals surface area contributed by atoms with Gasteiger partial charge >= 0.3 is 0 Å². The number of amides is 1. The van der Waals surface area contributed by atoms with Crippen LogP contribution in [0.15, 0.2) is 24.3 Å². The molecule has 0 heterocycles. The van der Waals surface area contributed by atoms with Crippen molar-refractivity contribution in [3.63, 3.8) is 0 Å². The van der Waals surface area contributed by atoms with E-state index in [4.69, 9.17) is 0 Å². The topological polar surface area (TPSA) is 32.3 Å². The number of hydrogen-bond donors (Lipinski definition) is 1. The van der Waals surface area contributed by atoms with E-state index in [1.807, 2.05) is 19.9 Å². The van der Waals surface area contributed by atoms with E-state index < -0.39 is 0 Å². The predicted molar refractivity (Wildman–Crippen MR) is 136 cm³/mol. The molecular weight excluding hydrogens is 380 g/mol. The molecular formula is C28H48N2O. The Morgan fingerprint density at radius 2 is 1.77 bits per heavy atom. The molecule has 1 atom stereocenters. The van der Waals surface area contributed by atoms with Gasteiger partial charge in [0.05, 0.1) is 0 Å². The van der Waals surface area contributed by atoms with Crippen LogP contribution in [0.25, 0.3) is 0 Å². The average molecular weight is 429 g/mol. The lowest BCUT2D eigenvalue weighted by Crippen LogP contribution is -2.34. The van der Waals surface area contributed by atoms with Crippen molar-refractivity contribution in [2.24, 2.45) is 16.7 Å². The van der Waals surface area contributed by atoms with Crippen LogP contribution in [0.3, 0.4) is 0 Å². The van der Waals surface area contributed by atoms with Gasteiger partial charge in [0.2, 0.25) is 5.91 Å². The fourth-order valence-corrected chi connectivity index (χ4v) is 5.45. The molecule has 3 nitrogen and oxygen atoms in total. The summed E-state index contributed by atoms with van der Waals surface area (Å²) in [6, 6.07) is 8.41. The summed E-state index contributed by atoms with van der Waals surface area (Å²) in [4.78, 5) is 15.1. The Morgan fingerprint density at radius 3 is 2.32 bits per heavy atom. The van der Waals surface area contributed by atoms with Gasteiger partial charge < -0.3 is 10.2 Å². The van der Waals surface area contributed by atoms with Crippen LogP contribution in [0.5, 0.6) is 0 Å². The fraction of sp³-hybridized carbons (Fsp3) is 0.750. The number of anilines is 2. The molecule has 0 saturated heterocycles. The van der Waals surface area contributed by atoms with E-state index >= 15 is 0 Å². The molecule has 1 unspecified atom stereocenters. The van der Waals surface area contributed by atoms with E-state index in [1.54, 1.807) is 0 Å². The molecule has 1 aromatic carbocycles. The van der Waals surface area contributed by atoms with Crippen LogP contribution in [0, 0.1) is 16.7 Å². The maximum Gasteiger partial charge on any atom is 0.230 e. The van der Waals surface area contributed by atoms with Crippen LogP contribution in [-0.2, 0) is 4.79 Å². The summed E-state index contributed by atoms with van der Waals surface area (Å²) < 4.78 is 0. The first-order chi connectivity index (χ1) is 14.8. The van der Waals surface area contributed by atoms with Crippen molar-refractivity contribution in [1.29, 1.82) is 0 Å². The van der Waals surface area contributed by atoms with Crippen molar-refractivity contribution >= 4 is 17.3 Å². The third-order valence-electron chi connectivity index (χ3n) is 8.26. The van der Waals surface area contributed by atoms with E-state index in [0.29, 0.717) is 5.41 Å². The largest absolute Gasteiger partial charge is 0.372 e. The van der Waals surface area contributed by atoms with Gasteiger partial charge in [-0.15, -0.1) is 0 Å². The molecule has 1 aliphatic rings. The van der Waals surface area contributed by atoms with Crippen molar-refractivity contribution in [3.8, 4) is 0 Å². The number of rotatable bonds is 11. The lowest BCUT2D eigenvalue weighted by atomic mass is 9.66. The molecule has 1 fully saturated rings. The van der Waals surface area contributed by atoms with E-state index in [-0.39, 0.29) is 11.3 Å². The van der Waals surface area contributed by atoms with E-state index in [1.165, 1.54) is 63.5 Å². The Balaban J connectivity index is 2.09. The van der Waals surface area contributed by atoms with Gasteiger partial charge in [-0.25, -0.2) is 0 Å². The second kappa shape index (κ2) is 11.9. The van der Waals surface area contributed by atoms with Crippen molar-refractivity contribution in [3.05, 3.63) is 24.3 Å². The first-order valence-electron chi connectivity index (χ1n) is 13.0. The zero-order valence-electron chi connectivity index (χ0n) is 21.2. The molecule has 0 bridgehead atoms. The molecule has 1 amide bonds. The van der Waals surface area contributed by atoms with Gasteiger partial charge in [0, 0.05) is 29.9 Å². The lowest BCUT2D eigenvalue weighted by Gasteiger charge is -2.41. The van der Waals surface area contributed by atoms with Gasteiger partial charge in [-0.2, -0.15) is 0 Å². The number of nitrogens with one attached hydrogen (secondary N) is 1. The Labute approximate surface area is 192 Å². The molecule has 2 rings (SSSR count). The van der Waals surface area contributed by atoms with Crippen molar-refractivity contribution in [2.45, 2.75) is 106 Å². The minimum atomic E-state index is -0.345. The molecule has 1 saturated carbocycles. The Kier molecular flexibility index (Phi) is 9.90. The molecule has 3 heteroatoms. The smallest absolute Gasteiger partial charge is 0.230 e. The number of hydrogen-bond acceptors (Lipinski definition) is 2.